The van der Waals surface area contributed by atoms with Crippen LogP contribution in [0.1, 0.15) is 10.4 Å². The van der Waals surface area contributed by atoms with Gasteiger partial charge in [-0.1, -0.05) is 12.1 Å². The molecule has 0 unspecified atom stereocenters. The number of nitrogens with one attached hydrogen (secondary N) is 1. The van der Waals surface area contributed by atoms with Crippen LogP contribution >= 0.6 is 0 Å². The lowest BCUT2D eigenvalue weighted by atomic mass is 10.2. The number of carbonyl (C=O) groups is 1. The summed E-state index contributed by atoms with van der Waals surface area (Å²) < 4.78 is 40.7. The average molecular weight is 326 g/mol. The molecule has 0 saturated heterocycles. The second-order valence-corrected chi connectivity index (χ2v) is 4.30. The normalized spacial score (nSPS) is 10.9. The van der Waals surface area contributed by atoms with Gasteiger partial charge in [0, 0.05) is 17.7 Å². The van der Waals surface area contributed by atoms with Gasteiger partial charge < -0.3 is 10.1 Å². The summed E-state index contributed by atoms with van der Waals surface area (Å²) in [4.78, 5) is 21.9. The molecule has 9 heteroatoms. The summed E-state index contributed by atoms with van der Waals surface area (Å²) in [6.07, 6.45) is -4.89. The summed E-state index contributed by atoms with van der Waals surface area (Å²) in [5.74, 6) is -1.28. The highest BCUT2D eigenvalue weighted by atomic mass is 19.4. The predicted molar refractivity (Wildman–Crippen MR) is 74.2 cm³/mol. The minimum Gasteiger partial charge on any atom is -0.404 e. The topological polar surface area (TPSA) is 81.5 Å². The number of nitrogens with zero attached hydrogens (tertiary/aromatic N) is 1. The highest BCUT2D eigenvalue weighted by molar-refractivity contribution is 6.05. The molecular formula is C14H9F3N2O4. The number of para-hydroxylation sites is 2. The molecule has 0 spiro atoms. The third kappa shape index (κ3) is 4.43. The van der Waals surface area contributed by atoms with Crippen LogP contribution in [0.3, 0.4) is 0 Å². The van der Waals surface area contributed by atoms with Gasteiger partial charge in [0.1, 0.15) is 0 Å². The van der Waals surface area contributed by atoms with E-state index in [4.69, 9.17) is 0 Å². The van der Waals surface area contributed by atoms with Gasteiger partial charge in [0.05, 0.1) is 10.6 Å². The fraction of sp³-hybridized carbons (Fsp3) is 0.0714. The first-order valence-corrected chi connectivity index (χ1v) is 6.17. The molecule has 0 fully saturated rings. The van der Waals surface area contributed by atoms with E-state index in [-0.39, 0.29) is 16.9 Å². The van der Waals surface area contributed by atoms with Gasteiger partial charge >= 0.3 is 6.36 Å². The van der Waals surface area contributed by atoms with Gasteiger partial charge in [-0.3, -0.25) is 14.9 Å². The lowest BCUT2D eigenvalue weighted by molar-refractivity contribution is -0.384. The van der Waals surface area contributed by atoms with Gasteiger partial charge in [-0.25, -0.2) is 0 Å². The molecule has 1 N–H and O–H groups in total. The highest BCUT2D eigenvalue weighted by Gasteiger charge is 2.32. The number of amides is 1. The van der Waals surface area contributed by atoms with Crippen LogP contribution in [-0.2, 0) is 0 Å². The number of nitro groups is 1. The number of hydrogen-bond acceptors (Lipinski definition) is 4. The average Bonchev–Trinajstić information content (AvgIpc) is 2.48. The second kappa shape index (κ2) is 6.34. The zero-order valence-electron chi connectivity index (χ0n) is 11.3. The minimum absolute atomic E-state index is 0.0532. The zero-order valence-corrected chi connectivity index (χ0v) is 11.3. The molecule has 23 heavy (non-hydrogen) atoms. The summed E-state index contributed by atoms with van der Waals surface area (Å²) in [5, 5.41) is 12.8. The molecule has 0 aliphatic heterocycles. The molecular weight excluding hydrogens is 317 g/mol. The van der Waals surface area contributed by atoms with E-state index in [1.807, 2.05) is 0 Å². The third-order valence-electron chi connectivity index (χ3n) is 2.70. The first-order chi connectivity index (χ1) is 10.8. The molecule has 0 aromatic heterocycles. The maximum Gasteiger partial charge on any atom is 0.573 e. The molecule has 0 heterocycles. The van der Waals surface area contributed by atoms with Crippen molar-refractivity contribution in [2.45, 2.75) is 6.36 Å². The lowest BCUT2D eigenvalue weighted by Crippen LogP contribution is -2.19. The van der Waals surface area contributed by atoms with Crippen LogP contribution in [0.2, 0.25) is 0 Å². The number of rotatable bonds is 4. The molecule has 0 saturated carbocycles. The lowest BCUT2D eigenvalue weighted by Gasteiger charge is -2.13. The van der Waals surface area contributed by atoms with Gasteiger partial charge in [0.2, 0.25) is 0 Å². The number of nitro benzene ring substituents is 1. The van der Waals surface area contributed by atoms with Gasteiger partial charge in [-0.2, -0.15) is 0 Å². The van der Waals surface area contributed by atoms with Crippen molar-refractivity contribution in [1.29, 1.82) is 0 Å². The highest BCUT2D eigenvalue weighted by Crippen LogP contribution is 2.30. The molecule has 0 bridgehead atoms. The van der Waals surface area contributed by atoms with Crippen molar-refractivity contribution in [3.8, 4) is 5.75 Å². The Labute approximate surface area is 127 Å². The van der Waals surface area contributed by atoms with Crippen molar-refractivity contribution < 1.29 is 27.6 Å². The molecule has 2 rings (SSSR count). The van der Waals surface area contributed by atoms with Gasteiger partial charge in [-0.05, 0) is 24.3 Å². The van der Waals surface area contributed by atoms with E-state index in [0.717, 1.165) is 18.2 Å². The Balaban J connectivity index is 2.18. The SMILES string of the molecule is O=C(Nc1ccccc1OC(F)(F)F)c1ccc([N+](=O)[O-])cc1. The number of halogens is 3. The quantitative estimate of drug-likeness (QED) is 0.685. The Morgan fingerprint density at radius 3 is 2.26 bits per heavy atom. The largest absolute Gasteiger partial charge is 0.573 e. The van der Waals surface area contributed by atoms with Crippen LogP contribution < -0.4 is 10.1 Å². The number of alkyl halides is 3. The molecule has 0 aliphatic carbocycles. The molecule has 6 nitrogen and oxygen atoms in total. The van der Waals surface area contributed by atoms with Crippen molar-refractivity contribution in [2.75, 3.05) is 5.32 Å². The Morgan fingerprint density at radius 1 is 1.09 bits per heavy atom. The van der Waals surface area contributed by atoms with E-state index < -0.39 is 22.9 Å². The molecule has 120 valence electrons. The Hall–Kier alpha value is -3.10. The number of anilines is 1. The smallest absolute Gasteiger partial charge is 0.404 e. The summed E-state index contributed by atoms with van der Waals surface area (Å²) >= 11 is 0. The number of non-ortho nitro benzene ring substituents is 1. The monoisotopic (exact) mass is 326 g/mol. The van der Waals surface area contributed by atoms with E-state index in [1.165, 1.54) is 30.3 Å². The van der Waals surface area contributed by atoms with Crippen LogP contribution in [0.4, 0.5) is 24.5 Å². The van der Waals surface area contributed by atoms with Crippen molar-refractivity contribution in [3.05, 3.63) is 64.2 Å². The van der Waals surface area contributed by atoms with E-state index >= 15 is 0 Å². The first kappa shape index (κ1) is 16.3. The van der Waals surface area contributed by atoms with E-state index in [0.29, 0.717) is 0 Å². The van der Waals surface area contributed by atoms with Crippen molar-refractivity contribution in [2.24, 2.45) is 0 Å². The Bertz CT molecular complexity index is 730. The standard InChI is InChI=1S/C14H9F3N2O4/c15-14(16,17)23-12-4-2-1-3-11(12)18-13(20)9-5-7-10(8-6-9)19(21)22/h1-8H,(H,18,20). The second-order valence-electron chi connectivity index (χ2n) is 4.30. The van der Waals surface area contributed by atoms with Crippen molar-refractivity contribution in [3.63, 3.8) is 0 Å². The fourth-order valence-electron chi connectivity index (χ4n) is 1.71. The maximum absolute atomic E-state index is 12.3. The van der Waals surface area contributed by atoms with Crippen LogP contribution in [0.25, 0.3) is 0 Å². The number of hydrogen-bond donors (Lipinski definition) is 1. The van der Waals surface area contributed by atoms with Crippen LogP contribution in [0.15, 0.2) is 48.5 Å². The Kier molecular flexibility index (Phi) is 4.49. The fourth-order valence-corrected chi connectivity index (χ4v) is 1.71. The summed E-state index contributed by atoms with van der Waals surface area (Å²) in [5.41, 5.74) is -0.326. The van der Waals surface area contributed by atoms with Gasteiger partial charge in [0.15, 0.2) is 5.75 Å². The van der Waals surface area contributed by atoms with Crippen LogP contribution in [-0.4, -0.2) is 17.2 Å². The van der Waals surface area contributed by atoms with E-state index in [9.17, 15) is 28.1 Å². The molecule has 0 radical (unpaired) electrons. The summed E-state index contributed by atoms with van der Waals surface area (Å²) in [6.45, 7) is 0. The van der Waals surface area contributed by atoms with Crippen LogP contribution in [0.5, 0.6) is 5.75 Å². The number of benzene rings is 2. The first-order valence-electron chi connectivity index (χ1n) is 6.17. The number of ether oxygens (including phenoxy) is 1. The predicted octanol–water partition coefficient (Wildman–Crippen LogP) is 3.75. The Morgan fingerprint density at radius 2 is 1.70 bits per heavy atom. The van der Waals surface area contributed by atoms with Gasteiger partial charge in [-0.15, -0.1) is 13.2 Å². The third-order valence-corrected chi connectivity index (χ3v) is 2.70. The number of carbonyl (C=O) groups excluding carboxylic acids is 1. The zero-order chi connectivity index (χ0) is 17.0. The maximum atomic E-state index is 12.3. The summed E-state index contributed by atoms with van der Waals surface area (Å²) in [7, 11) is 0. The van der Waals surface area contributed by atoms with E-state index in [1.54, 1.807) is 0 Å². The summed E-state index contributed by atoms with van der Waals surface area (Å²) in [6, 6.07) is 9.67. The molecule has 2 aromatic carbocycles. The van der Waals surface area contributed by atoms with Gasteiger partial charge in [0.25, 0.3) is 11.6 Å². The molecule has 0 atom stereocenters. The van der Waals surface area contributed by atoms with E-state index in [2.05, 4.69) is 10.1 Å². The minimum atomic E-state index is -4.89. The molecule has 1 amide bonds. The van der Waals surface area contributed by atoms with Crippen LogP contribution in [0, 0.1) is 10.1 Å². The molecule has 0 aliphatic rings. The molecule has 2 aromatic rings. The van der Waals surface area contributed by atoms with Crippen molar-refractivity contribution in [1.82, 2.24) is 0 Å². The van der Waals surface area contributed by atoms with Crippen molar-refractivity contribution >= 4 is 17.3 Å².